The molecular weight excluding hydrogens is 1820 g/mol. The Labute approximate surface area is 793 Å². The molecule has 0 spiro atoms. The van der Waals surface area contributed by atoms with E-state index in [1.165, 1.54) is 53.5 Å². The Bertz CT molecular complexity index is 6280. The van der Waals surface area contributed by atoms with Crippen molar-refractivity contribution in [2.75, 3.05) is 16.8 Å². The molecule has 726 valence electrons. The topological polar surface area (TPSA) is 498 Å². The van der Waals surface area contributed by atoms with Crippen LogP contribution in [0.2, 0.25) is 0 Å². The van der Waals surface area contributed by atoms with E-state index >= 15 is 0 Å². The minimum absolute atomic E-state index is 0. The second kappa shape index (κ2) is 43.2. The van der Waals surface area contributed by atoms with Gasteiger partial charge in [-0.3, -0.25) is 61.6 Å². The van der Waals surface area contributed by atoms with Gasteiger partial charge < -0.3 is 74.4 Å². The molecule has 0 unspecified atom stereocenters. The minimum Gasteiger partial charge on any atom is -0.481 e. The van der Waals surface area contributed by atoms with Gasteiger partial charge in [0.1, 0.15) is 48.1 Å². The van der Waals surface area contributed by atoms with Crippen molar-refractivity contribution < 1.29 is 119 Å². The quantitative estimate of drug-likeness (QED) is 0.00991. The zero-order valence-electron chi connectivity index (χ0n) is 78.3. The van der Waals surface area contributed by atoms with E-state index in [0.29, 0.717) is 48.5 Å². The Morgan fingerprint density at radius 2 is 0.853 bits per heavy atom. The summed E-state index contributed by atoms with van der Waals surface area (Å²) in [6.45, 7) is 32.0. The van der Waals surface area contributed by atoms with E-state index in [1.54, 1.807) is 25.1 Å². The van der Waals surface area contributed by atoms with Gasteiger partial charge in [0, 0.05) is 98.7 Å². The minimum atomic E-state index is -1.32. The fourth-order valence-electron chi connectivity index (χ4n) is 17.5. The van der Waals surface area contributed by atoms with Crippen molar-refractivity contribution in [3.63, 3.8) is 0 Å². The smallest absolute Gasteiger partial charge is 0.312 e. The number of aromatic nitrogens is 12. The highest BCUT2D eigenvalue weighted by Gasteiger charge is 2.53. The summed E-state index contributed by atoms with van der Waals surface area (Å²) < 4.78 is 102. The number of aliphatic carboxylic acids is 1. The van der Waals surface area contributed by atoms with Crippen molar-refractivity contribution >= 4 is 135 Å². The first kappa shape index (κ1) is 106. The normalized spacial score (nSPS) is 21.6. The molecule has 11 heterocycles. The monoisotopic (exact) mass is 1920 g/mol. The number of amides is 1. The van der Waals surface area contributed by atoms with E-state index < -0.39 is 153 Å². The first-order chi connectivity index (χ1) is 63.3. The number of aryl methyl sites for hydroxylation is 6. The highest BCUT2D eigenvalue weighted by atomic mass is 35.5. The lowest BCUT2D eigenvalue weighted by Gasteiger charge is -2.31. The molecule has 37 nitrogen and oxygen atoms in total. The lowest BCUT2D eigenvalue weighted by atomic mass is 9.78. The molecule has 9 aromatic rings. The van der Waals surface area contributed by atoms with E-state index in [2.05, 4.69) is 72.7 Å². The SMILES string of the molecule is C#C[C@]1(CC)O[C@@H](n2cnc3c(N)nc(F)nc32)C[C@@H]1O.C#C[C@]1(CC)O[C@@H](n2cnc3c(N)nc(F)nc32)C[C@@H]1OC(=O)CC(C)(C)c1c(C)cc(C)cc1OC(C)=O.C#C[C@]1(CC)O[C@@H](n2cnc3c(NC(=O)[C@H]4CCC(=O)O4)nc(F)nc32)C[C@@H]1OC(=O)CC(C)(C)c1c(C)cc(C)cc1OC(C)=O.CC(=O)Oc1cc(C)cc(C)c1C(C)(C)CC(=O)O.O=C1CC[C@H](C(=O)Cl)O1.S. The van der Waals surface area contributed by atoms with Crippen molar-refractivity contribution in [3.8, 4) is 54.3 Å². The molecule has 3 aromatic carbocycles. The van der Waals surface area contributed by atoms with Gasteiger partial charge in [-0.15, -0.1) is 19.3 Å². The zero-order valence-corrected chi connectivity index (χ0v) is 80.1. The van der Waals surface area contributed by atoms with E-state index in [-0.39, 0.29) is 128 Å². The molecule has 5 aliphatic rings. The molecule has 0 radical (unpaired) electrons. The number of nitrogens with zero attached hydrogens (tertiary/aromatic N) is 12. The molecule has 42 heteroatoms. The van der Waals surface area contributed by atoms with Crippen molar-refractivity contribution in [1.82, 2.24) is 58.6 Å². The maximum Gasteiger partial charge on any atom is 0.312 e. The maximum absolute atomic E-state index is 14.6. The average Bonchev–Trinajstić information content (AvgIpc) is 1.59. The highest BCUT2D eigenvalue weighted by molar-refractivity contribution is 7.59. The summed E-state index contributed by atoms with van der Waals surface area (Å²) in [5.74, 6) is 3.94. The standard InChI is InChI=1S/C33H36FN5O8.C28H32FN5O5.C15H20O4.C13H14FN5O2.C5H5ClO3.H2S/c1-8-33(9-2)22(46-25(42)15-32(6,7)26-18(4)12-17(3)13-21(26)44-19(5)40)14-23(47-33)39-16-35-27-28(37-31(34)38-29(27)39)36-30(43)20-10-11-24(41)45-20;1-8-28(9-2)19(12-20(39-28)34-14-31-23-24(30)32-26(29)33-25(23)34)38-21(36)13-27(6,7)22-16(4)10-15(3)11-18(22)37-17(5)35;1-9-6-10(2)14(12(7-9)19-11(3)16)15(4,5)8-13(17)18;1-3-13(4-2)7(20)5-8(21-13)19-6-16-9-10(15)17-12(14)18-11(9)19;6-5(8)3-1-2-4(7)9-3;/h1,12-13,16,20,22-23H,9-11,14-15H2,2-7H3,(H,36,37,38,43);1,10-11,14,19-20H,9,12-13H2,2-7H3,(H2,30,32,33);6-7H,8H2,1-5H3,(H,17,18);1,6-8,20H,4-5H2,2H3,(H2,15,17,18);3H,1-2H2;1H2/t20-,22+,23-,33-;19-,20+,28+;;7-,8+,13+;3-;/m10.01./s1. The lowest BCUT2D eigenvalue weighted by molar-refractivity contribution is -0.158. The molecule has 1 amide bonds. The number of nitrogens with one attached hydrogen (secondary N) is 1. The third-order valence-corrected chi connectivity index (χ3v) is 23.6. The Hall–Kier alpha value is -13.2. The molecule has 7 N–H and O–H groups in total. The number of anilines is 3. The Balaban J connectivity index is 0.000000207. The van der Waals surface area contributed by atoms with Crippen LogP contribution in [-0.4, -0.2) is 175 Å². The summed E-state index contributed by atoms with van der Waals surface area (Å²) in [4.78, 5) is 152. The summed E-state index contributed by atoms with van der Waals surface area (Å²) in [7, 11) is 0. The van der Waals surface area contributed by atoms with Crippen LogP contribution in [0.25, 0.3) is 33.5 Å². The molecule has 11 atom stereocenters. The number of carboxylic acid groups (broad SMARTS) is 1. The summed E-state index contributed by atoms with van der Waals surface area (Å²) in [6, 6.07) is 11.2. The van der Waals surface area contributed by atoms with Crippen molar-refractivity contribution in [2.24, 2.45) is 0 Å². The number of hydrogen-bond donors (Lipinski definition) is 5. The van der Waals surface area contributed by atoms with Crippen molar-refractivity contribution in [2.45, 2.75) is 290 Å². The number of hydrogen-bond acceptors (Lipinski definition) is 32. The first-order valence-corrected chi connectivity index (χ1v) is 43.4. The summed E-state index contributed by atoms with van der Waals surface area (Å²) in [5.41, 5.74) is 14.3. The Morgan fingerprint density at radius 1 is 0.522 bits per heavy atom. The number of aliphatic hydroxyl groups excluding tert-OH is 1. The van der Waals surface area contributed by atoms with E-state index in [1.807, 2.05) is 115 Å². The fourth-order valence-corrected chi connectivity index (χ4v) is 17.7. The molecule has 14 rings (SSSR count). The summed E-state index contributed by atoms with van der Waals surface area (Å²) in [6.07, 6.45) is 14.6. The van der Waals surface area contributed by atoms with Crippen LogP contribution in [-0.2, 0) is 97.3 Å². The highest BCUT2D eigenvalue weighted by Crippen LogP contribution is 2.48. The third-order valence-electron chi connectivity index (χ3n) is 23.3. The number of esters is 7. The van der Waals surface area contributed by atoms with E-state index in [4.69, 9.17) is 90.1 Å². The molecule has 0 bridgehead atoms. The van der Waals surface area contributed by atoms with Gasteiger partial charge in [0.05, 0.1) is 44.3 Å². The summed E-state index contributed by atoms with van der Waals surface area (Å²) in [5, 5.41) is 21.1. The van der Waals surface area contributed by atoms with Gasteiger partial charge in [-0.25, -0.2) is 15.0 Å². The lowest BCUT2D eigenvalue weighted by Crippen LogP contribution is -2.41. The van der Waals surface area contributed by atoms with E-state index in [9.17, 15) is 66.2 Å². The van der Waals surface area contributed by atoms with Gasteiger partial charge in [-0.05, 0) is 124 Å². The van der Waals surface area contributed by atoms with Crippen LogP contribution < -0.4 is 31.0 Å². The van der Waals surface area contributed by atoms with Crippen molar-refractivity contribution in [1.29, 1.82) is 0 Å². The van der Waals surface area contributed by atoms with Crippen LogP contribution >= 0.6 is 25.1 Å². The number of nitrogen functional groups attached to an aromatic ring is 2. The van der Waals surface area contributed by atoms with Gasteiger partial charge in [0.25, 0.3) is 11.1 Å². The molecule has 5 aliphatic heterocycles. The molecule has 0 aliphatic carbocycles. The summed E-state index contributed by atoms with van der Waals surface area (Å²) >= 11 is 5.03. The Morgan fingerprint density at radius 3 is 1.17 bits per heavy atom. The first-order valence-electron chi connectivity index (χ1n) is 43.1. The van der Waals surface area contributed by atoms with Crippen LogP contribution in [0.5, 0.6) is 17.2 Å². The fraction of sp³-hybridized carbons (Fsp3) is 0.479. The van der Waals surface area contributed by atoms with Crippen molar-refractivity contribution in [3.05, 3.63) is 124 Å². The molecule has 6 aromatic heterocycles. The predicted molar refractivity (Wildman–Crippen MR) is 491 cm³/mol. The Kier molecular flexibility index (Phi) is 33.8. The number of carbonyl (C=O) groups excluding carboxylic acids is 9. The van der Waals surface area contributed by atoms with Crippen LogP contribution in [0.1, 0.15) is 235 Å². The van der Waals surface area contributed by atoms with Gasteiger partial charge in [-0.2, -0.15) is 56.6 Å². The van der Waals surface area contributed by atoms with Gasteiger partial charge >= 0.3 is 66.0 Å². The third kappa shape index (κ3) is 24.2. The molecule has 0 saturated carbocycles. The number of terminal acetylenes is 3. The maximum atomic E-state index is 14.6. The van der Waals surface area contributed by atoms with Gasteiger partial charge in [0.2, 0.25) is 0 Å². The number of aliphatic hydroxyl groups is 1. The number of fused-ring (bicyclic) bond motifs is 3. The van der Waals surface area contributed by atoms with Crippen LogP contribution in [0.15, 0.2) is 55.4 Å². The number of rotatable bonds is 23. The predicted octanol–water partition coefficient (Wildman–Crippen LogP) is 12.4. The number of nitrogens with two attached hydrogens (primary N) is 2. The van der Waals surface area contributed by atoms with Crippen LogP contribution in [0.3, 0.4) is 0 Å². The number of carboxylic acids is 1. The number of halogens is 4. The zero-order chi connectivity index (χ0) is 99.8. The number of carbonyl (C=O) groups is 10. The van der Waals surface area contributed by atoms with E-state index in [0.717, 1.165) is 44.5 Å². The molecule has 5 fully saturated rings. The second-order valence-electron chi connectivity index (χ2n) is 35.2. The van der Waals surface area contributed by atoms with Crippen LogP contribution in [0, 0.1) is 96.8 Å². The molecular formula is C94H109ClF3N15O22S. The molecule has 5 saturated heterocycles. The number of ether oxygens (including phenoxy) is 10. The largest absolute Gasteiger partial charge is 0.481 e. The average molecular weight is 1930 g/mol. The number of cyclic esters (lactones) is 2. The van der Waals surface area contributed by atoms with Crippen LogP contribution in [0.4, 0.5) is 30.6 Å². The van der Waals surface area contributed by atoms with Gasteiger partial charge in [0.15, 0.2) is 80.0 Å². The van der Waals surface area contributed by atoms with Gasteiger partial charge in [-0.1, -0.05) is 98.3 Å². The second-order valence-corrected chi connectivity index (χ2v) is 35.6. The number of imidazole rings is 3. The number of benzene rings is 3. The molecule has 136 heavy (non-hydrogen) atoms.